The zero-order chi connectivity index (χ0) is 17.1. The molecule has 1 fully saturated rings. The number of nitrogens with one attached hydrogen (secondary N) is 1. The van der Waals surface area contributed by atoms with Gasteiger partial charge in [0.15, 0.2) is 0 Å². The summed E-state index contributed by atoms with van der Waals surface area (Å²) in [6, 6.07) is 12.5. The van der Waals surface area contributed by atoms with Crippen molar-refractivity contribution in [3.05, 3.63) is 59.4 Å². The third-order valence-electron chi connectivity index (χ3n) is 4.13. The molecule has 1 N–H and O–H groups in total. The highest BCUT2D eigenvalue weighted by Gasteiger charge is 2.36. The molecule has 0 aliphatic carbocycles. The average molecular weight is 344 g/mol. The number of hydrogen-bond donors (Lipinski definition) is 1. The van der Waals surface area contributed by atoms with Gasteiger partial charge in [0.1, 0.15) is 0 Å². The lowest BCUT2D eigenvalue weighted by Crippen LogP contribution is -2.34. The van der Waals surface area contributed by atoms with Crippen LogP contribution in [-0.4, -0.2) is 23.3 Å². The normalized spacial score (nSPS) is 18.5. The minimum absolute atomic E-state index is 0.0891. The van der Waals surface area contributed by atoms with Crippen molar-refractivity contribution in [2.45, 2.75) is 19.4 Å². The first-order chi connectivity index (χ1) is 11.6. The highest BCUT2D eigenvalue weighted by Crippen LogP contribution is 2.31. The summed E-state index contributed by atoms with van der Waals surface area (Å²) in [6.07, 6.45) is 1.88. The predicted molar refractivity (Wildman–Crippen MR) is 92.7 cm³/mol. The van der Waals surface area contributed by atoms with E-state index in [1.807, 2.05) is 37.3 Å². The third kappa shape index (κ3) is 3.41. The summed E-state index contributed by atoms with van der Waals surface area (Å²) < 4.78 is 0. The summed E-state index contributed by atoms with van der Waals surface area (Å²) in [5, 5.41) is 3.44. The molecule has 124 valence electrons. The van der Waals surface area contributed by atoms with Crippen molar-refractivity contribution >= 4 is 29.1 Å². The number of hydrogen-bond acceptors (Lipinski definition) is 3. The topological polar surface area (TPSA) is 62.3 Å². The largest absolute Gasteiger partial charge is 0.348 e. The molecule has 2 aromatic rings. The van der Waals surface area contributed by atoms with Crippen molar-refractivity contribution < 1.29 is 9.59 Å². The summed E-state index contributed by atoms with van der Waals surface area (Å²) in [5.41, 5.74) is 1.44. The first-order valence-electron chi connectivity index (χ1n) is 7.82. The fourth-order valence-electron chi connectivity index (χ4n) is 2.82. The lowest BCUT2D eigenvalue weighted by atomic mass is 10.1. The maximum atomic E-state index is 12.5. The van der Waals surface area contributed by atoms with Crippen LogP contribution < -0.4 is 10.2 Å². The van der Waals surface area contributed by atoms with Crippen molar-refractivity contribution in [1.82, 2.24) is 10.3 Å². The molecule has 2 heterocycles. The van der Waals surface area contributed by atoms with Gasteiger partial charge in [-0.15, -0.1) is 0 Å². The standard InChI is InChI=1S/C18H18ClN3O2/c1-12(15-7-4-5-9-20-15)21-18(24)13-10-17(23)22(11-13)16-8-3-2-6-14(16)19/h2-9,12-13H,10-11H2,1H3,(H,21,24)/t12-,13-/m0/s1. The monoisotopic (exact) mass is 343 g/mol. The quantitative estimate of drug-likeness (QED) is 0.928. The van der Waals surface area contributed by atoms with Gasteiger partial charge in [-0.05, 0) is 31.2 Å². The number of carbonyl (C=O) groups is 2. The smallest absolute Gasteiger partial charge is 0.227 e. The van der Waals surface area contributed by atoms with Crippen LogP contribution in [0.15, 0.2) is 48.7 Å². The molecule has 0 saturated carbocycles. The van der Waals surface area contributed by atoms with E-state index in [2.05, 4.69) is 10.3 Å². The van der Waals surface area contributed by atoms with E-state index in [1.165, 1.54) is 0 Å². The molecule has 1 saturated heterocycles. The Hall–Kier alpha value is -2.40. The Bertz CT molecular complexity index is 751. The van der Waals surface area contributed by atoms with Crippen LogP contribution in [0.1, 0.15) is 25.1 Å². The molecule has 1 aliphatic rings. The van der Waals surface area contributed by atoms with Crippen LogP contribution >= 0.6 is 11.6 Å². The van der Waals surface area contributed by atoms with E-state index >= 15 is 0 Å². The van der Waals surface area contributed by atoms with Crippen LogP contribution in [0, 0.1) is 5.92 Å². The van der Waals surface area contributed by atoms with E-state index in [4.69, 9.17) is 11.6 Å². The third-order valence-corrected chi connectivity index (χ3v) is 4.45. The van der Waals surface area contributed by atoms with Gasteiger partial charge in [-0.25, -0.2) is 0 Å². The first kappa shape index (κ1) is 16.5. The second-order valence-electron chi connectivity index (χ2n) is 5.84. The SMILES string of the molecule is C[C@H](NC(=O)[C@H]1CC(=O)N(c2ccccc2Cl)C1)c1ccccn1. The average Bonchev–Trinajstić information content (AvgIpc) is 2.98. The van der Waals surface area contributed by atoms with Gasteiger partial charge in [0.05, 0.1) is 28.4 Å². The lowest BCUT2D eigenvalue weighted by molar-refractivity contribution is -0.126. The first-order valence-corrected chi connectivity index (χ1v) is 8.20. The number of amides is 2. The molecule has 24 heavy (non-hydrogen) atoms. The van der Waals surface area contributed by atoms with E-state index in [-0.39, 0.29) is 30.2 Å². The molecule has 0 radical (unpaired) electrons. The van der Waals surface area contributed by atoms with Gasteiger partial charge in [0.2, 0.25) is 11.8 Å². The number of anilines is 1. The van der Waals surface area contributed by atoms with Crippen LogP contribution in [0.2, 0.25) is 5.02 Å². The molecule has 1 aliphatic heterocycles. The number of para-hydroxylation sites is 1. The Kier molecular flexibility index (Phi) is 4.81. The molecular formula is C18H18ClN3O2. The van der Waals surface area contributed by atoms with Crippen molar-refractivity contribution in [3.63, 3.8) is 0 Å². The number of halogens is 1. The Labute approximate surface area is 145 Å². The summed E-state index contributed by atoms with van der Waals surface area (Å²) >= 11 is 6.16. The van der Waals surface area contributed by atoms with Gasteiger partial charge in [-0.3, -0.25) is 14.6 Å². The molecule has 3 rings (SSSR count). The Balaban J connectivity index is 1.67. The molecule has 5 nitrogen and oxygen atoms in total. The van der Waals surface area contributed by atoms with Crippen molar-refractivity contribution in [2.24, 2.45) is 5.92 Å². The number of nitrogens with zero attached hydrogens (tertiary/aromatic N) is 2. The molecule has 2 atom stereocenters. The molecule has 0 unspecified atom stereocenters. The van der Waals surface area contributed by atoms with Gasteiger partial charge in [-0.2, -0.15) is 0 Å². The Morgan fingerprint density at radius 2 is 2.04 bits per heavy atom. The summed E-state index contributed by atoms with van der Waals surface area (Å²) in [4.78, 5) is 30.6. The molecule has 1 aromatic heterocycles. The Morgan fingerprint density at radius 3 is 2.75 bits per heavy atom. The minimum Gasteiger partial charge on any atom is -0.348 e. The maximum Gasteiger partial charge on any atom is 0.227 e. The zero-order valence-electron chi connectivity index (χ0n) is 13.3. The van der Waals surface area contributed by atoms with Gasteiger partial charge >= 0.3 is 0 Å². The molecule has 2 amide bonds. The summed E-state index contributed by atoms with van der Waals surface area (Å²) in [7, 11) is 0. The highest BCUT2D eigenvalue weighted by atomic mass is 35.5. The van der Waals surface area contributed by atoms with E-state index in [0.717, 1.165) is 5.69 Å². The maximum absolute atomic E-state index is 12.5. The van der Waals surface area contributed by atoms with E-state index in [1.54, 1.807) is 23.2 Å². The number of aromatic nitrogens is 1. The second-order valence-corrected chi connectivity index (χ2v) is 6.25. The van der Waals surface area contributed by atoms with Gasteiger partial charge in [-0.1, -0.05) is 29.8 Å². The predicted octanol–water partition coefficient (Wildman–Crippen LogP) is 2.97. The lowest BCUT2D eigenvalue weighted by Gasteiger charge is -2.19. The zero-order valence-corrected chi connectivity index (χ0v) is 14.0. The van der Waals surface area contributed by atoms with Gasteiger partial charge < -0.3 is 10.2 Å². The van der Waals surface area contributed by atoms with Crippen molar-refractivity contribution in [2.75, 3.05) is 11.4 Å². The molecular weight excluding hydrogens is 326 g/mol. The minimum atomic E-state index is -0.389. The number of pyridine rings is 1. The fraction of sp³-hybridized carbons (Fsp3) is 0.278. The van der Waals surface area contributed by atoms with Crippen molar-refractivity contribution in [3.8, 4) is 0 Å². The van der Waals surface area contributed by atoms with Crippen molar-refractivity contribution in [1.29, 1.82) is 0 Å². The summed E-state index contributed by atoms with van der Waals surface area (Å²) in [6.45, 7) is 2.21. The Morgan fingerprint density at radius 1 is 1.29 bits per heavy atom. The number of benzene rings is 1. The van der Waals surface area contributed by atoms with Crippen LogP contribution in [0.25, 0.3) is 0 Å². The van der Waals surface area contributed by atoms with E-state index in [9.17, 15) is 9.59 Å². The van der Waals surface area contributed by atoms with Gasteiger partial charge in [0.25, 0.3) is 0 Å². The van der Waals surface area contributed by atoms with E-state index < -0.39 is 0 Å². The van der Waals surface area contributed by atoms with Crippen LogP contribution in [0.4, 0.5) is 5.69 Å². The van der Waals surface area contributed by atoms with Crippen LogP contribution in [0.5, 0.6) is 0 Å². The molecule has 0 spiro atoms. The van der Waals surface area contributed by atoms with Crippen LogP contribution in [0.3, 0.4) is 0 Å². The van der Waals surface area contributed by atoms with Gasteiger partial charge in [0, 0.05) is 19.2 Å². The summed E-state index contributed by atoms with van der Waals surface area (Å²) in [5.74, 6) is -0.621. The number of rotatable bonds is 4. The van der Waals surface area contributed by atoms with E-state index in [0.29, 0.717) is 17.3 Å². The highest BCUT2D eigenvalue weighted by molar-refractivity contribution is 6.33. The second kappa shape index (κ2) is 7.01. The number of carbonyl (C=O) groups excluding carboxylic acids is 2. The molecule has 1 aromatic carbocycles. The molecule has 0 bridgehead atoms. The fourth-order valence-corrected chi connectivity index (χ4v) is 3.06. The molecule has 6 heteroatoms. The van der Waals surface area contributed by atoms with Crippen LogP contribution in [-0.2, 0) is 9.59 Å².